The first-order valence-electron chi connectivity index (χ1n) is 8.74. The molecule has 2 aromatic rings. The number of ether oxygens (including phenoxy) is 1. The van der Waals surface area contributed by atoms with Gasteiger partial charge in [0.05, 0.1) is 30.5 Å². The van der Waals surface area contributed by atoms with Crippen LogP contribution in [-0.4, -0.2) is 27.9 Å². The fourth-order valence-electron chi connectivity index (χ4n) is 3.76. The third-order valence-corrected chi connectivity index (χ3v) is 5.76. The average Bonchev–Trinajstić information content (AvgIpc) is 3.00. The molecule has 0 N–H and O–H groups in total. The van der Waals surface area contributed by atoms with E-state index in [0.717, 1.165) is 47.2 Å². The normalized spacial score (nSPS) is 22.0. The molecule has 1 aromatic heterocycles. The first kappa shape index (κ1) is 17.0. The number of fused-ring (bicyclic) bond motifs is 1. The van der Waals surface area contributed by atoms with E-state index in [4.69, 9.17) is 11.3 Å². The van der Waals surface area contributed by atoms with E-state index in [9.17, 15) is 4.79 Å². The highest BCUT2D eigenvalue weighted by Gasteiger charge is 2.35. The lowest BCUT2D eigenvalue weighted by atomic mass is 9.92. The van der Waals surface area contributed by atoms with Crippen LogP contribution in [0.1, 0.15) is 41.7 Å². The van der Waals surface area contributed by atoms with E-state index in [2.05, 4.69) is 25.8 Å². The van der Waals surface area contributed by atoms with Crippen molar-refractivity contribution in [1.29, 1.82) is 0 Å². The highest BCUT2D eigenvalue weighted by molar-refractivity contribution is 9.10. The van der Waals surface area contributed by atoms with Crippen LogP contribution in [0, 0.1) is 6.57 Å². The number of nitrogens with zero attached hydrogens (tertiary/aromatic N) is 3. The van der Waals surface area contributed by atoms with E-state index < -0.39 is 0 Å². The van der Waals surface area contributed by atoms with E-state index in [1.165, 1.54) is 0 Å². The smallest absolute Gasteiger partial charge is 0.256 e. The van der Waals surface area contributed by atoms with Crippen molar-refractivity contribution in [1.82, 2.24) is 9.88 Å². The van der Waals surface area contributed by atoms with Gasteiger partial charge in [0.1, 0.15) is 5.75 Å². The van der Waals surface area contributed by atoms with Crippen molar-refractivity contribution in [3.8, 4) is 5.75 Å². The van der Waals surface area contributed by atoms with Crippen LogP contribution in [0.5, 0.6) is 5.75 Å². The Morgan fingerprint density at radius 3 is 2.73 bits per heavy atom. The molecule has 0 unspecified atom stereocenters. The number of hydrogen-bond acceptors (Lipinski definition) is 3. The standard InChI is InChI=1S/C20H18BrN3O2/c1-22-18-9-8-15(11-17(18)21)26-14-6-4-13(5-7-14)24-12-19-16(20(24)25)3-2-10-23-19/h2-3,8-11,13-14H,4-7,12H2. The van der Waals surface area contributed by atoms with Gasteiger partial charge in [-0.3, -0.25) is 9.78 Å². The third-order valence-electron chi connectivity index (χ3n) is 5.13. The number of pyridine rings is 1. The maximum Gasteiger partial charge on any atom is 0.256 e. The monoisotopic (exact) mass is 411 g/mol. The minimum atomic E-state index is 0.108. The van der Waals surface area contributed by atoms with E-state index in [1.54, 1.807) is 12.3 Å². The minimum absolute atomic E-state index is 0.108. The predicted molar refractivity (Wildman–Crippen MR) is 101 cm³/mol. The highest BCUT2D eigenvalue weighted by Crippen LogP contribution is 2.34. The Morgan fingerprint density at radius 2 is 2.04 bits per heavy atom. The van der Waals surface area contributed by atoms with Crippen LogP contribution in [0.3, 0.4) is 0 Å². The molecule has 5 nitrogen and oxygen atoms in total. The van der Waals surface area contributed by atoms with Crippen molar-refractivity contribution in [2.75, 3.05) is 0 Å². The molecule has 1 aliphatic heterocycles. The van der Waals surface area contributed by atoms with Crippen LogP contribution < -0.4 is 4.74 Å². The maximum absolute atomic E-state index is 12.6. The van der Waals surface area contributed by atoms with Crippen molar-refractivity contribution in [2.24, 2.45) is 0 Å². The predicted octanol–water partition coefficient (Wildman–Crippen LogP) is 4.74. The molecule has 0 bridgehead atoms. The fourth-order valence-corrected chi connectivity index (χ4v) is 4.21. The van der Waals surface area contributed by atoms with Gasteiger partial charge >= 0.3 is 0 Å². The Hall–Kier alpha value is -2.39. The number of halogens is 1. The Balaban J connectivity index is 1.36. The molecular formula is C20H18BrN3O2. The zero-order valence-electron chi connectivity index (χ0n) is 14.2. The van der Waals surface area contributed by atoms with Gasteiger partial charge in [-0.2, -0.15) is 0 Å². The lowest BCUT2D eigenvalue weighted by molar-refractivity contribution is 0.0560. The zero-order chi connectivity index (χ0) is 18.1. The molecule has 0 radical (unpaired) electrons. The average molecular weight is 412 g/mol. The summed E-state index contributed by atoms with van der Waals surface area (Å²) in [5.74, 6) is 0.887. The largest absolute Gasteiger partial charge is 0.491 e. The highest BCUT2D eigenvalue weighted by atomic mass is 79.9. The van der Waals surface area contributed by atoms with E-state index in [-0.39, 0.29) is 18.1 Å². The second-order valence-electron chi connectivity index (χ2n) is 6.70. The summed E-state index contributed by atoms with van der Waals surface area (Å²) < 4.78 is 6.84. The Kier molecular flexibility index (Phi) is 4.64. The molecule has 26 heavy (non-hydrogen) atoms. The number of rotatable bonds is 3. The molecule has 1 aliphatic carbocycles. The number of carbonyl (C=O) groups excluding carboxylic acids is 1. The first-order chi connectivity index (χ1) is 12.7. The first-order valence-corrected chi connectivity index (χ1v) is 9.53. The third kappa shape index (κ3) is 3.19. The van der Waals surface area contributed by atoms with Crippen LogP contribution in [0.25, 0.3) is 4.85 Å². The number of benzene rings is 1. The summed E-state index contributed by atoms with van der Waals surface area (Å²) in [6.45, 7) is 7.72. The van der Waals surface area contributed by atoms with E-state index in [1.807, 2.05) is 29.2 Å². The van der Waals surface area contributed by atoms with E-state index >= 15 is 0 Å². The number of carbonyl (C=O) groups is 1. The summed E-state index contributed by atoms with van der Waals surface area (Å²) in [5, 5.41) is 0. The number of aromatic nitrogens is 1. The molecule has 6 heteroatoms. The molecule has 1 fully saturated rings. The summed E-state index contributed by atoms with van der Waals surface area (Å²) in [4.78, 5) is 22.3. The Labute approximate surface area is 160 Å². The molecule has 2 heterocycles. The number of hydrogen-bond donors (Lipinski definition) is 0. The molecule has 0 saturated heterocycles. The molecule has 0 spiro atoms. The second kappa shape index (κ2) is 7.08. The molecule has 1 amide bonds. The molecule has 1 saturated carbocycles. The quantitative estimate of drug-likeness (QED) is 0.685. The van der Waals surface area contributed by atoms with Crippen molar-refractivity contribution in [2.45, 2.75) is 44.4 Å². The van der Waals surface area contributed by atoms with Crippen molar-refractivity contribution in [3.05, 3.63) is 63.7 Å². The maximum atomic E-state index is 12.6. The molecule has 2 aliphatic rings. The van der Waals surface area contributed by atoms with Gasteiger partial charge in [-0.05, 0) is 49.9 Å². The summed E-state index contributed by atoms with van der Waals surface area (Å²) >= 11 is 3.40. The molecule has 4 rings (SSSR count). The van der Waals surface area contributed by atoms with Crippen molar-refractivity contribution in [3.63, 3.8) is 0 Å². The Bertz CT molecular complexity index is 885. The van der Waals surface area contributed by atoms with Gasteiger partial charge in [0.2, 0.25) is 5.69 Å². The van der Waals surface area contributed by atoms with Crippen LogP contribution in [0.15, 0.2) is 41.0 Å². The topological polar surface area (TPSA) is 46.8 Å². The second-order valence-corrected chi connectivity index (χ2v) is 7.56. The van der Waals surface area contributed by atoms with Gasteiger partial charge in [0.25, 0.3) is 5.91 Å². The minimum Gasteiger partial charge on any atom is -0.491 e. The van der Waals surface area contributed by atoms with Gasteiger partial charge in [0.15, 0.2) is 0 Å². The van der Waals surface area contributed by atoms with Gasteiger partial charge in [-0.1, -0.05) is 22.0 Å². The van der Waals surface area contributed by atoms with Crippen LogP contribution in [-0.2, 0) is 6.54 Å². The molecule has 0 atom stereocenters. The summed E-state index contributed by atoms with van der Waals surface area (Å²) in [6.07, 6.45) is 5.60. The van der Waals surface area contributed by atoms with E-state index in [0.29, 0.717) is 12.2 Å². The lowest BCUT2D eigenvalue weighted by Gasteiger charge is -2.34. The van der Waals surface area contributed by atoms with Crippen molar-refractivity contribution < 1.29 is 9.53 Å². The summed E-state index contributed by atoms with van der Waals surface area (Å²) in [5.41, 5.74) is 2.22. The van der Waals surface area contributed by atoms with Crippen LogP contribution in [0.2, 0.25) is 0 Å². The SMILES string of the molecule is [C-]#[N+]c1ccc(OC2CCC(N3Cc4ncccc4C3=O)CC2)cc1Br. The van der Waals surface area contributed by atoms with Crippen molar-refractivity contribution >= 4 is 27.5 Å². The summed E-state index contributed by atoms with van der Waals surface area (Å²) in [6, 6.07) is 9.41. The summed E-state index contributed by atoms with van der Waals surface area (Å²) in [7, 11) is 0. The van der Waals surface area contributed by atoms with Gasteiger partial charge < -0.3 is 9.64 Å². The Morgan fingerprint density at radius 1 is 1.23 bits per heavy atom. The van der Waals surface area contributed by atoms with Crippen LogP contribution >= 0.6 is 15.9 Å². The lowest BCUT2D eigenvalue weighted by Crippen LogP contribution is -2.40. The van der Waals surface area contributed by atoms with Gasteiger partial charge in [0, 0.05) is 16.7 Å². The fraction of sp³-hybridized carbons (Fsp3) is 0.350. The van der Waals surface area contributed by atoms with Gasteiger partial charge in [-0.25, -0.2) is 4.85 Å². The molecular weight excluding hydrogens is 394 g/mol. The zero-order valence-corrected chi connectivity index (χ0v) is 15.8. The molecule has 1 aromatic carbocycles. The van der Waals surface area contributed by atoms with Crippen LogP contribution in [0.4, 0.5) is 5.69 Å². The molecule has 132 valence electrons. The van der Waals surface area contributed by atoms with Gasteiger partial charge in [-0.15, -0.1) is 0 Å². The number of amides is 1.